The topological polar surface area (TPSA) is 93.5 Å². The second kappa shape index (κ2) is 7.33. The van der Waals surface area contributed by atoms with E-state index in [1.807, 2.05) is 42.7 Å². The van der Waals surface area contributed by atoms with E-state index in [1.165, 1.54) is 0 Å². The molecule has 0 radical (unpaired) electrons. The van der Waals surface area contributed by atoms with Crippen molar-refractivity contribution < 1.29 is 19.1 Å². The first-order valence-electron chi connectivity index (χ1n) is 10.4. The standard InChI is InChI=1S/C24H22N4O4/c1-15-13-17(16(2)28(15)21-9-5-6-11-25-21)19(29)14-27-22(30)24(26-23(27)31)10-12-32-20-8-4-3-7-18(20)24/h3-9,11,13H,10,12,14H2,1-2H3,(H,26,31). The van der Waals surface area contributed by atoms with E-state index in [2.05, 4.69) is 10.3 Å². The Morgan fingerprint density at radius 2 is 1.94 bits per heavy atom. The molecular weight excluding hydrogens is 408 g/mol. The molecule has 162 valence electrons. The SMILES string of the molecule is Cc1cc(C(=O)CN2C(=O)NC3(CCOc4ccccc43)C2=O)c(C)n1-c1ccccn1. The van der Waals surface area contributed by atoms with Crippen LogP contribution < -0.4 is 10.1 Å². The molecule has 0 saturated carbocycles. The van der Waals surface area contributed by atoms with Crippen LogP contribution >= 0.6 is 0 Å². The van der Waals surface area contributed by atoms with Crippen molar-refractivity contribution in [3.8, 4) is 11.6 Å². The number of aromatic nitrogens is 2. The number of imide groups is 1. The predicted molar refractivity (Wildman–Crippen MR) is 116 cm³/mol. The number of rotatable bonds is 4. The van der Waals surface area contributed by atoms with Crippen molar-refractivity contribution in [1.29, 1.82) is 0 Å². The molecule has 3 aromatic rings. The van der Waals surface area contributed by atoms with Crippen LogP contribution in [0.5, 0.6) is 5.75 Å². The van der Waals surface area contributed by atoms with Gasteiger partial charge in [-0.15, -0.1) is 0 Å². The van der Waals surface area contributed by atoms with E-state index in [4.69, 9.17) is 4.74 Å². The molecule has 1 aromatic carbocycles. The fraction of sp³-hybridized carbons (Fsp3) is 0.250. The third-order valence-corrected chi connectivity index (χ3v) is 6.17. The number of pyridine rings is 1. The van der Waals surface area contributed by atoms with Crippen LogP contribution in [0, 0.1) is 13.8 Å². The van der Waals surface area contributed by atoms with Crippen LogP contribution in [0.2, 0.25) is 0 Å². The molecule has 1 fully saturated rings. The summed E-state index contributed by atoms with van der Waals surface area (Å²) < 4.78 is 7.54. The van der Waals surface area contributed by atoms with Gasteiger partial charge in [0.25, 0.3) is 5.91 Å². The molecule has 8 heteroatoms. The van der Waals surface area contributed by atoms with Gasteiger partial charge in [-0.1, -0.05) is 24.3 Å². The van der Waals surface area contributed by atoms with Crippen LogP contribution in [0.15, 0.2) is 54.7 Å². The van der Waals surface area contributed by atoms with Gasteiger partial charge in [-0.3, -0.25) is 14.5 Å². The zero-order chi connectivity index (χ0) is 22.5. The Hall–Kier alpha value is -3.94. The number of aryl methyl sites for hydroxylation is 1. The van der Waals surface area contributed by atoms with Gasteiger partial charge in [-0.2, -0.15) is 0 Å². The average molecular weight is 430 g/mol. The number of ether oxygens (including phenoxy) is 1. The molecule has 4 heterocycles. The average Bonchev–Trinajstić information content (AvgIpc) is 3.22. The van der Waals surface area contributed by atoms with Crippen molar-refractivity contribution in [2.75, 3.05) is 13.2 Å². The summed E-state index contributed by atoms with van der Waals surface area (Å²) in [5.41, 5.74) is 1.44. The summed E-state index contributed by atoms with van der Waals surface area (Å²) in [6.45, 7) is 3.69. The van der Waals surface area contributed by atoms with E-state index in [-0.39, 0.29) is 12.3 Å². The third kappa shape index (κ3) is 2.90. The molecule has 32 heavy (non-hydrogen) atoms. The van der Waals surface area contributed by atoms with Crippen LogP contribution in [0.25, 0.3) is 5.82 Å². The van der Waals surface area contributed by atoms with Gasteiger partial charge in [0.1, 0.15) is 11.6 Å². The molecule has 5 rings (SSSR count). The molecule has 3 amide bonds. The number of ketones is 1. The maximum Gasteiger partial charge on any atom is 0.325 e. The smallest absolute Gasteiger partial charge is 0.325 e. The Labute approximate surface area is 184 Å². The normalized spacial score (nSPS) is 19.6. The molecule has 1 spiro atoms. The van der Waals surface area contributed by atoms with E-state index < -0.39 is 17.5 Å². The lowest BCUT2D eigenvalue weighted by molar-refractivity contribution is -0.132. The van der Waals surface area contributed by atoms with Gasteiger partial charge in [-0.25, -0.2) is 9.78 Å². The van der Waals surface area contributed by atoms with Crippen molar-refractivity contribution in [3.63, 3.8) is 0 Å². The molecule has 2 aliphatic rings. The van der Waals surface area contributed by atoms with Crippen molar-refractivity contribution in [1.82, 2.24) is 19.8 Å². The Kier molecular flexibility index (Phi) is 4.58. The number of nitrogens with one attached hydrogen (secondary N) is 1. The van der Waals surface area contributed by atoms with Crippen LogP contribution in [0.3, 0.4) is 0 Å². The van der Waals surface area contributed by atoms with Crippen molar-refractivity contribution in [2.24, 2.45) is 0 Å². The number of hydrogen-bond donors (Lipinski definition) is 1. The largest absolute Gasteiger partial charge is 0.493 e. The van der Waals surface area contributed by atoms with Gasteiger partial charge < -0.3 is 14.6 Å². The highest BCUT2D eigenvalue weighted by Crippen LogP contribution is 2.41. The first-order valence-corrected chi connectivity index (χ1v) is 10.4. The third-order valence-electron chi connectivity index (χ3n) is 6.17. The van der Waals surface area contributed by atoms with Gasteiger partial charge >= 0.3 is 6.03 Å². The minimum atomic E-state index is -1.20. The summed E-state index contributed by atoms with van der Waals surface area (Å²) in [5.74, 6) is 0.542. The molecule has 1 N–H and O–H groups in total. The Balaban J connectivity index is 1.44. The van der Waals surface area contributed by atoms with E-state index in [0.29, 0.717) is 41.4 Å². The molecule has 1 atom stereocenters. The number of benzene rings is 1. The molecular formula is C24H22N4O4. The fourth-order valence-electron chi connectivity index (χ4n) is 4.63. The molecule has 1 unspecified atom stereocenters. The number of nitrogens with zero attached hydrogens (tertiary/aromatic N) is 3. The highest BCUT2D eigenvalue weighted by molar-refractivity contribution is 6.12. The molecule has 0 bridgehead atoms. The van der Waals surface area contributed by atoms with Gasteiger partial charge in [0.2, 0.25) is 0 Å². The van der Waals surface area contributed by atoms with E-state index in [1.54, 1.807) is 30.5 Å². The van der Waals surface area contributed by atoms with Crippen LogP contribution in [0.4, 0.5) is 4.79 Å². The number of carbonyl (C=O) groups excluding carboxylic acids is 3. The maximum absolute atomic E-state index is 13.4. The number of carbonyl (C=O) groups is 3. The minimum absolute atomic E-state index is 0.302. The molecule has 8 nitrogen and oxygen atoms in total. The number of urea groups is 1. The van der Waals surface area contributed by atoms with Crippen molar-refractivity contribution in [3.05, 3.63) is 77.2 Å². The highest BCUT2D eigenvalue weighted by Gasteiger charge is 2.55. The molecule has 1 saturated heterocycles. The van der Waals surface area contributed by atoms with E-state index in [0.717, 1.165) is 10.6 Å². The highest BCUT2D eigenvalue weighted by atomic mass is 16.5. The van der Waals surface area contributed by atoms with Crippen LogP contribution in [-0.4, -0.2) is 45.3 Å². The molecule has 0 aliphatic carbocycles. The van der Waals surface area contributed by atoms with Gasteiger partial charge in [0.05, 0.1) is 13.2 Å². The van der Waals surface area contributed by atoms with Crippen LogP contribution in [0.1, 0.15) is 33.7 Å². The first-order chi connectivity index (χ1) is 15.4. The van der Waals surface area contributed by atoms with Crippen LogP contribution in [-0.2, 0) is 10.3 Å². The summed E-state index contributed by atoms with van der Waals surface area (Å²) in [4.78, 5) is 44.8. The lowest BCUT2D eigenvalue weighted by Crippen LogP contribution is -2.47. The minimum Gasteiger partial charge on any atom is -0.493 e. The summed E-state index contributed by atoms with van der Waals surface area (Å²) >= 11 is 0. The Morgan fingerprint density at radius 3 is 2.72 bits per heavy atom. The number of amides is 3. The monoisotopic (exact) mass is 430 g/mol. The zero-order valence-electron chi connectivity index (χ0n) is 17.8. The second-order valence-corrected chi connectivity index (χ2v) is 8.05. The van der Waals surface area contributed by atoms with Crippen molar-refractivity contribution >= 4 is 17.7 Å². The molecule has 2 aliphatic heterocycles. The molecule has 2 aromatic heterocycles. The summed E-state index contributed by atoms with van der Waals surface area (Å²) in [7, 11) is 0. The fourth-order valence-corrected chi connectivity index (χ4v) is 4.63. The summed E-state index contributed by atoms with van der Waals surface area (Å²) in [6.07, 6.45) is 2.00. The lowest BCUT2D eigenvalue weighted by Gasteiger charge is -2.33. The predicted octanol–water partition coefficient (Wildman–Crippen LogP) is 2.90. The van der Waals surface area contributed by atoms with E-state index >= 15 is 0 Å². The number of para-hydroxylation sites is 1. The maximum atomic E-state index is 13.4. The second-order valence-electron chi connectivity index (χ2n) is 8.05. The Bertz CT molecular complexity index is 1250. The number of fused-ring (bicyclic) bond motifs is 2. The number of Topliss-reactive ketones (excluding diaryl/α,β-unsaturated/α-hetero) is 1. The zero-order valence-corrected chi connectivity index (χ0v) is 17.8. The van der Waals surface area contributed by atoms with Crippen molar-refractivity contribution in [2.45, 2.75) is 25.8 Å². The summed E-state index contributed by atoms with van der Waals surface area (Å²) in [6, 6.07) is 13.9. The van der Waals surface area contributed by atoms with Gasteiger partial charge in [-0.05, 0) is 38.1 Å². The first kappa shape index (κ1) is 20.0. The lowest BCUT2D eigenvalue weighted by atomic mass is 9.84. The summed E-state index contributed by atoms with van der Waals surface area (Å²) in [5, 5.41) is 2.83. The Morgan fingerprint density at radius 1 is 1.16 bits per heavy atom. The van der Waals surface area contributed by atoms with Gasteiger partial charge in [0.15, 0.2) is 11.3 Å². The quantitative estimate of drug-likeness (QED) is 0.507. The van der Waals surface area contributed by atoms with Gasteiger partial charge in [0, 0.05) is 35.1 Å². The van der Waals surface area contributed by atoms with E-state index in [9.17, 15) is 14.4 Å². The number of hydrogen-bond acceptors (Lipinski definition) is 5.